The first-order valence-electron chi connectivity index (χ1n) is 7.06. The fourth-order valence-corrected chi connectivity index (χ4v) is 2.50. The summed E-state index contributed by atoms with van der Waals surface area (Å²) in [6.07, 6.45) is -4.90. The van der Waals surface area contributed by atoms with Gasteiger partial charge in [0.05, 0.1) is 0 Å². The number of hydrazone groups is 1. The molecule has 2 rings (SSSR count). The monoisotopic (exact) mass is 348 g/mol. The largest absolute Gasteiger partial charge is 0.438 e. The number of alkyl halides is 3. The van der Waals surface area contributed by atoms with Crippen LogP contribution in [0.1, 0.15) is 42.1 Å². The van der Waals surface area contributed by atoms with Gasteiger partial charge in [-0.2, -0.15) is 23.3 Å². The number of aliphatic hydroxyl groups is 1. The lowest BCUT2D eigenvalue weighted by Crippen LogP contribution is -2.56. The van der Waals surface area contributed by atoms with Gasteiger partial charge in [0.15, 0.2) is 0 Å². The van der Waals surface area contributed by atoms with Gasteiger partial charge in [0.2, 0.25) is 0 Å². The van der Waals surface area contributed by atoms with Crippen molar-refractivity contribution in [3.05, 3.63) is 34.3 Å². The van der Waals surface area contributed by atoms with Gasteiger partial charge in [-0.15, -0.1) is 0 Å². The predicted octanol–water partition coefficient (Wildman–Crippen LogP) is 3.90. The lowest BCUT2D eigenvalue weighted by molar-refractivity contribution is -0.297. The average molecular weight is 349 g/mol. The number of aryl methyl sites for hydroxylation is 1. The van der Waals surface area contributed by atoms with Crippen LogP contribution in [0.5, 0.6) is 0 Å². The number of hydrogen-bond donors (Lipinski definition) is 1. The zero-order chi connectivity index (χ0) is 17.4. The van der Waals surface area contributed by atoms with Crippen LogP contribution in [0.25, 0.3) is 0 Å². The first kappa shape index (κ1) is 17.7. The molecule has 0 aromatic heterocycles. The van der Waals surface area contributed by atoms with Crippen molar-refractivity contribution in [2.45, 2.75) is 45.0 Å². The molecule has 0 bridgehead atoms. The van der Waals surface area contributed by atoms with Crippen LogP contribution in [0, 0.1) is 6.92 Å². The summed E-state index contributed by atoms with van der Waals surface area (Å²) in [6, 6.07) is 4.10. The fourth-order valence-electron chi connectivity index (χ4n) is 2.38. The van der Waals surface area contributed by atoms with Crippen molar-refractivity contribution in [3.8, 4) is 0 Å². The summed E-state index contributed by atoms with van der Waals surface area (Å²) in [7, 11) is 0. The van der Waals surface area contributed by atoms with Crippen LogP contribution in [0.15, 0.2) is 23.3 Å². The highest BCUT2D eigenvalue weighted by Crippen LogP contribution is 2.41. The molecule has 0 aliphatic carbocycles. The molecule has 1 heterocycles. The summed E-state index contributed by atoms with van der Waals surface area (Å²) in [5.41, 5.74) is -2.64. The molecule has 126 valence electrons. The van der Waals surface area contributed by atoms with Gasteiger partial charge in [0.25, 0.3) is 11.6 Å². The van der Waals surface area contributed by atoms with Crippen LogP contribution in [0.2, 0.25) is 5.02 Å². The molecular weight excluding hydrogens is 333 g/mol. The second kappa shape index (κ2) is 6.13. The molecule has 1 N–H and O–H groups in total. The van der Waals surface area contributed by atoms with Gasteiger partial charge in [-0.05, 0) is 37.1 Å². The van der Waals surface area contributed by atoms with Gasteiger partial charge >= 0.3 is 6.18 Å². The van der Waals surface area contributed by atoms with E-state index in [4.69, 9.17) is 11.6 Å². The maximum atomic E-state index is 13.3. The smallest absolute Gasteiger partial charge is 0.362 e. The van der Waals surface area contributed by atoms with E-state index in [2.05, 4.69) is 5.10 Å². The van der Waals surface area contributed by atoms with Gasteiger partial charge in [-0.3, -0.25) is 4.79 Å². The number of hydrogen-bond acceptors (Lipinski definition) is 3. The summed E-state index contributed by atoms with van der Waals surface area (Å²) < 4.78 is 39.9. The number of carbonyl (C=O) groups is 1. The summed E-state index contributed by atoms with van der Waals surface area (Å²) >= 11 is 5.86. The summed E-state index contributed by atoms with van der Waals surface area (Å²) in [6.45, 7) is 3.41. The highest BCUT2D eigenvalue weighted by molar-refractivity contribution is 6.31. The zero-order valence-corrected chi connectivity index (χ0v) is 13.4. The third kappa shape index (κ3) is 3.21. The summed E-state index contributed by atoms with van der Waals surface area (Å²) in [5.74, 6) is -1.02. The van der Waals surface area contributed by atoms with Crippen molar-refractivity contribution in [1.82, 2.24) is 5.01 Å². The molecule has 0 radical (unpaired) electrons. The van der Waals surface area contributed by atoms with E-state index in [1.807, 2.05) is 0 Å². The quantitative estimate of drug-likeness (QED) is 0.900. The topological polar surface area (TPSA) is 52.9 Å². The molecule has 0 saturated heterocycles. The van der Waals surface area contributed by atoms with Crippen LogP contribution in [0.3, 0.4) is 0 Å². The number of benzene rings is 1. The number of rotatable bonds is 3. The third-order valence-corrected chi connectivity index (χ3v) is 4.06. The third-order valence-electron chi connectivity index (χ3n) is 3.63. The van der Waals surface area contributed by atoms with E-state index in [0.29, 0.717) is 17.0 Å². The number of carbonyl (C=O) groups excluding carboxylic acids is 1. The Hall–Kier alpha value is -1.60. The molecule has 1 amide bonds. The fraction of sp³-hybridized carbons (Fsp3) is 0.467. The average Bonchev–Trinajstić information content (AvgIpc) is 2.79. The molecule has 0 spiro atoms. The van der Waals surface area contributed by atoms with Crippen molar-refractivity contribution in [2.75, 3.05) is 0 Å². The van der Waals surface area contributed by atoms with E-state index in [1.54, 1.807) is 13.8 Å². The summed E-state index contributed by atoms with van der Waals surface area (Å²) in [4.78, 5) is 12.4. The molecule has 1 aliphatic rings. The predicted molar refractivity (Wildman–Crippen MR) is 80.3 cm³/mol. The zero-order valence-electron chi connectivity index (χ0n) is 12.6. The Balaban J connectivity index is 2.43. The molecule has 0 unspecified atom stereocenters. The normalized spacial score (nSPS) is 21.5. The molecule has 23 heavy (non-hydrogen) atoms. The maximum Gasteiger partial charge on any atom is 0.438 e. The van der Waals surface area contributed by atoms with Gasteiger partial charge in [0.1, 0.15) is 0 Å². The Morgan fingerprint density at radius 2 is 2.13 bits per heavy atom. The Labute approximate surface area is 136 Å². The van der Waals surface area contributed by atoms with E-state index >= 15 is 0 Å². The van der Waals surface area contributed by atoms with Crippen molar-refractivity contribution in [1.29, 1.82) is 0 Å². The molecule has 1 atom stereocenters. The van der Waals surface area contributed by atoms with E-state index < -0.39 is 24.2 Å². The standard InChI is InChI=1S/C15H16ClF3N2O2/c1-3-4-11-8-14(23,15(17,18)19)21(20-11)13(22)10-5-6-12(16)9(2)7-10/h5-7,23H,3-4,8H2,1-2H3/t14-/m1/s1. The van der Waals surface area contributed by atoms with Gasteiger partial charge in [-0.25, -0.2) is 0 Å². The van der Waals surface area contributed by atoms with Gasteiger partial charge in [-0.1, -0.05) is 24.9 Å². The minimum atomic E-state index is -5.01. The Morgan fingerprint density at radius 1 is 1.48 bits per heavy atom. The molecule has 1 aromatic carbocycles. The van der Waals surface area contributed by atoms with E-state index in [0.717, 1.165) is 0 Å². The highest BCUT2D eigenvalue weighted by Gasteiger charge is 2.63. The minimum Gasteiger partial charge on any atom is -0.362 e. The Kier molecular flexibility index (Phi) is 4.73. The van der Waals surface area contributed by atoms with Crippen LogP contribution in [-0.2, 0) is 0 Å². The molecule has 8 heteroatoms. The van der Waals surface area contributed by atoms with Crippen LogP contribution in [0.4, 0.5) is 13.2 Å². The Bertz CT molecular complexity index is 661. The molecular formula is C15H16ClF3N2O2. The van der Waals surface area contributed by atoms with Crippen molar-refractivity contribution in [2.24, 2.45) is 5.10 Å². The van der Waals surface area contributed by atoms with Crippen molar-refractivity contribution >= 4 is 23.2 Å². The lowest BCUT2D eigenvalue weighted by atomic mass is 10.0. The lowest BCUT2D eigenvalue weighted by Gasteiger charge is -2.32. The first-order valence-corrected chi connectivity index (χ1v) is 7.44. The van der Waals surface area contributed by atoms with Crippen molar-refractivity contribution in [3.63, 3.8) is 0 Å². The molecule has 0 saturated carbocycles. The van der Waals surface area contributed by atoms with E-state index in [1.165, 1.54) is 18.2 Å². The van der Waals surface area contributed by atoms with Gasteiger partial charge < -0.3 is 5.11 Å². The SMILES string of the molecule is CCCC1=NN(C(=O)c2ccc(Cl)c(C)c2)[C@](O)(C(F)(F)F)C1. The second-order valence-corrected chi connectivity index (χ2v) is 5.90. The molecule has 4 nitrogen and oxygen atoms in total. The van der Waals surface area contributed by atoms with Crippen LogP contribution in [-0.4, -0.2) is 33.6 Å². The molecule has 1 aliphatic heterocycles. The molecule has 0 fully saturated rings. The van der Waals surface area contributed by atoms with Crippen LogP contribution >= 0.6 is 11.6 Å². The number of halogens is 4. The second-order valence-electron chi connectivity index (χ2n) is 5.49. The van der Waals surface area contributed by atoms with Crippen LogP contribution < -0.4 is 0 Å². The van der Waals surface area contributed by atoms with Gasteiger partial charge in [0, 0.05) is 22.7 Å². The number of nitrogens with zero attached hydrogens (tertiary/aromatic N) is 2. The minimum absolute atomic E-state index is 0.0175. The number of amides is 1. The van der Waals surface area contributed by atoms with Crippen molar-refractivity contribution < 1.29 is 23.1 Å². The molecule has 1 aromatic rings. The summed E-state index contributed by atoms with van der Waals surface area (Å²) in [5, 5.41) is 14.3. The highest BCUT2D eigenvalue weighted by atomic mass is 35.5. The van der Waals surface area contributed by atoms with E-state index in [-0.39, 0.29) is 22.7 Å². The first-order chi connectivity index (χ1) is 10.6. The van der Waals surface area contributed by atoms with E-state index in [9.17, 15) is 23.1 Å². The Morgan fingerprint density at radius 3 is 2.65 bits per heavy atom. The maximum absolute atomic E-state index is 13.3.